The molecule has 1 atom stereocenters. The summed E-state index contributed by atoms with van der Waals surface area (Å²) in [5, 5.41) is 1.40. The summed E-state index contributed by atoms with van der Waals surface area (Å²) in [6.07, 6.45) is 1.18. The molecule has 0 saturated carbocycles. The first-order chi connectivity index (χ1) is 9.67. The predicted molar refractivity (Wildman–Crippen MR) is 74.5 cm³/mol. The van der Waals surface area contributed by atoms with E-state index in [4.69, 9.17) is 16.3 Å². The van der Waals surface area contributed by atoms with E-state index in [9.17, 15) is 14.4 Å². The van der Waals surface area contributed by atoms with E-state index in [1.54, 1.807) is 26.2 Å². The number of rotatable bonds is 4. The number of nitrogens with one attached hydrogen (secondary N) is 1. The number of nitrogen functional groups attached to an aromatic ring is 1. The summed E-state index contributed by atoms with van der Waals surface area (Å²) in [4.78, 5) is 42.3. The van der Waals surface area contributed by atoms with Crippen molar-refractivity contribution in [3.05, 3.63) is 11.1 Å². The van der Waals surface area contributed by atoms with E-state index in [0.717, 1.165) is 11.3 Å². The van der Waals surface area contributed by atoms with Crippen LogP contribution >= 0.6 is 11.3 Å². The number of amides is 1. The highest BCUT2D eigenvalue weighted by molar-refractivity contribution is 7.13. The molecule has 1 unspecified atom stereocenters. The average Bonchev–Trinajstić information content (AvgIpc) is 2.79. The van der Waals surface area contributed by atoms with Crippen LogP contribution in [0, 0.1) is 0 Å². The highest BCUT2D eigenvalue weighted by atomic mass is 32.1. The van der Waals surface area contributed by atoms with E-state index in [1.807, 2.05) is 0 Å². The smallest absolute Gasteiger partial charge is 0.351 e. The first-order valence-corrected chi connectivity index (χ1v) is 6.60. The first kappa shape index (κ1) is 16.8. The van der Waals surface area contributed by atoms with Crippen molar-refractivity contribution in [3.63, 3.8) is 0 Å². The van der Waals surface area contributed by atoms with Crippen LogP contribution in [0.15, 0.2) is 10.4 Å². The largest absolute Gasteiger partial charge is 0.457 e. The number of aliphatic imine (C=N–C) groups is 1. The second-order valence-corrected chi connectivity index (χ2v) is 5.85. The molecule has 0 fully saturated rings. The van der Waals surface area contributed by atoms with Crippen LogP contribution in [-0.4, -0.2) is 28.5 Å². The maximum atomic E-state index is 12.4. The Balaban J connectivity index is 3.49. The van der Waals surface area contributed by atoms with E-state index in [0.29, 0.717) is 0 Å². The second kappa shape index (κ2) is 6.00. The van der Waals surface area contributed by atoms with Crippen LogP contribution in [0.4, 0.5) is 5.13 Å². The Kier molecular flexibility index (Phi) is 4.79. The van der Waals surface area contributed by atoms with Crippen LogP contribution in [0.3, 0.4) is 0 Å². The Labute approximate surface area is 124 Å². The molecule has 1 aromatic heterocycles. The molecule has 0 spiro atoms. The third kappa shape index (κ3) is 3.43. The first-order valence-electron chi connectivity index (χ1n) is 5.72. The van der Waals surface area contributed by atoms with Gasteiger partial charge in [0.1, 0.15) is 11.3 Å². The molecule has 0 radical (unpaired) electrons. The number of thiazole rings is 1. The number of aromatic nitrogens is 1. The van der Waals surface area contributed by atoms with Gasteiger partial charge >= 0.3 is 5.97 Å². The molecule has 1 aromatic rings. The van der Waals surface area contributed by atoms with Crippen molar-refractivity contribution >= 4 is 34.4 Å². The van der Waals surface area contributed by atoms with Gasteiger partial charge in [-0.15, -0.1) is 11.3 Å². The van der Waals surface area contributed by atoms with E-state index < -0.39 is 23.0 Å². The van der Waals surface area contributed by atoms with Crippen molar-refractivity contribution in [2.75, 3.05) is 5.73 Å². The van der Waals surface area contributed by atoms with Gasteiger partial charge in [-0.25, -0.2) is 20.4 Å². The minimum absolute atomic E-state index is 0.0869. The SMILES string of the molecule is CC(C)(C)OC(=O)C(N=C=O)(C(=O)NN)c1csc(N)n1. The molecular formula is C11H15N5O4S. The fraction of sp³-hybridized carbons (Fsp3) is 0.455. The molecule has 1 amide bonds. The maximum Gasteiger partial charge on any atom is 0.351 e. The van der Waals surface area contributed by atoms with Crippen molar-refractivity contribution < 1.29 is 19.1 Å². The van der Waals surface area contributed by atoms with E-state index in [2.05, 4.69) is 9.98 Å². The lowest BCUT2D eigenvalue weighted by molar-refractivity contribution is -0.165. The summed E-state index contributed by atoms with van der Waals surface area (Å²) >= 11 is 0.969. The van der Waals surface area contributed by atoms with E-state index in [-0.39, 0.29) is 10.8 Å². The van der Waals surface area contributed by atoms with Crippen LogP contribution in [0.25, 0.3) is 0 Å². The predicted octanol–water partition coefficient (Wildman–Crippen LogP) is -0.412. The average molecular weight is 313 g/mol. The summed E-state index contributed by atoms with van der Waals surface area (Å²) < 4.78 is 5.14. The van der Waals surface area contributed by atoms with E-state index >= 15 is 0 Å². The van der Waals surface area contributed by atoms with Crippen molar-refractivity contribution in [2.45, 2.75) is 31.9 Å². The molecule has 10 heteroatoms. The molecule has 0 bridgehead atoms. The Morgan fingerprint density at radius 3 is 2.48 bits per heavy atom. The Morgan fingerprint density at radius 1 is 1.48 bits per heavy atom. The third-order valence-corrected chi connectivity index (χ3v) is 2.93. The van der Waals surface area contributed by atoms with Crippen molar-refractivity contribution in [1.29, 1.82) is 0 Å². The van der Waals surface area contributed by atoms with Crippen LogP contribution in [0.5, 0.6) is 0 Å². The Hall–Kier alpha value is -2.29. The third-order valence-electron chi connectivity index (χ3n) is 2.26. The summed E-state index contributed by atoms with van der Waals surface area (Å²) in [6, 6.07) is 0. The molecule has 21 heavy (non-hydrogen) atoms. The highest BCUT2D eigenvalue weighted by Gasteiger charge is 2.53. The zero-order valence-corrected chi connectivity index (χ0v) is 12.5. The van der Waals surface area contributed by atoms with Crippen LogP contribution in [0.2, 0.25) is 0 Å². The van der Waals surface area contributed by atoms with Gasteiger partial charge < -0.3 is 10.5 Å². The molecule has 5 N–H and O–H groups in total. The fourth-order valence-corrected chi connectivity index (χ4v) is 2.05. The number of carbonyl (C=O) groups is 2. The Bertz CT molecular complexity index is 602. The minimum atomic E-state index is -2.38. The molecule has 0 aromatic carbocycles. The van der Waals surface area contributed by atoms with Gasteiger partial charge in [-0.2, -0.15) is 4.99 Å². The van der Waals surface area contributed by atoms with E-state index in [1.165, 1.54) is 11.5 Å². The zero-order valence-electron chi connectivity index (χ0n) is 11.7. The molecule has 0 aliphatic carbocycles. The van der Waals surface area contributed by atoms with Crippen LogP contribution in [-0.2, 0) is 24.7 Å². The number of isocyanates is 1. The molecule has 0 aliphatic heterocycles. The summed E-state index contributed by atoms with van der Waals surface area (Å²) in [5.74, 6) is 2.90. The number of ether oxygens (including phenoxy) is 1. The normalized spacial score (nSPS) is 13.7. The second-order valence-electron chi connectivity index (χ2n) is 4.96. The molecule has 0 aliphatic rings. The van der Waals surface area contributed by atoms with Gasteiger partial charge in [0, 0.05) is 5.38 Å². The molecule has 1 heterocycles. The number of hydrogen-bond acceptors (Lipinski definition) is 9. The zero-order chi connectivity index (χ0) is 16.3. The molecule has 114 valence electrons. The lowest BCUT2D eigenvalue weighted by Crippen LogP contribution is -2.53. The lowest BCUT2D eigenvalue weighted by atomic mass is 9.95. The number of carbonyl (C=O) groups excluding carboxylic acids is 3. The standard InChI is InChI=1S/C11H15N5O4S/c1-10(2,3)20-8(19)11(14-5-17,7(18)16-13)6-4-21-9(12)15-6/h4H,13H2,1-3H3,(H2,12,15)(H,16,18). The monoisotopic (exact) mass is 313 g/mol. The number of esters is 1. The van der Waals surface area contributed by atoms with Crippen molar-refractivity contribution in [1.82, 2.24) is 10.4 Å². The van der Waals surface area contributed by atoms with Crippen LogP contribution in [0.1, 0.15) is 26.5 Å². The number of nitrogens with zero attached hydrogens (tertiary/aromatic N) is 2. The summed E-state index contributed by atoms with van der Waals surface area (Å²) in [5.41, 5.74) is 3.81. The highest BCUT2D eigenvalue weighted by Crippen LogP contribution is 2.31. The van der Waals surface area contributed by atoms with Gasteiger partial charge in [0.25, 0.3) is 11.4 Å². The molecule has 9 nitrogen and oxygen atoms in total. The number of anilines is 1. The number of hydrazine groups is 1. The van der Waals surface area contributed by atoms with Gasteiger partial charge in [0.2, 0.25) is 6.08 Å². The van der Waals surface area contributed by atoms with Gasteiger partial charge in [0.15, 0.2) is 5.13 Å². The Morgan fingerprint density at radius 2 is 2.10 bits per heavy atom. The van der Waals surface area contributed by atoms with Gasteiger partial charge in [0.05, 0.1) is 0 Å². The van der Waals surface area contributed by atoms with Gasteiger partial charge in [-0.1, -0.05) is 0 Å². The number of hydrogen-bond donors (Lipinski definition) is 3. The van der Waals surface area contributed by atoms with Gasteiger partial charge in [-0.3, -0.25) is 10.2 Å². The fourth-order valence-electron chi connectivity index (χ4n) is 1.45. The number of nitrogens with two attached hydrogens (primary N) is 2. The summed E-state index contributed by atoms with van der Waals surface area (Å²) in [7, 11) is 0. The summed E-state index contributed by atoms with van der Waals surface area (Å²) in [6.45, 7) is 4.78. The topological polar surface area (TPSA) is 150 Å². The maximum absolute atomic E-state index is 12.4. The van der Waals surface area contributed by atoms with Crippen LogP contribution < -0.4 is 17.0 Å². The van der Waals surface area contributed by atoms with Crippen molar-refractivity contribution in [3.8, 4) is 0 Å². The van der Waals surface area contributed by atoms with Gasteiger partial charge in [-0.05, 0) is 20.8 Å². The lowest BCUT2D eigenvalue weighted by Gasteiger charge is -2.27. The molecular weight excluding hydrogens is 298 g/mol. The van der Waals surface area contributed by atoms with Crippen molar-refractivity contribution in [2.24, 2.45) is 10.8 Å². The quantitative estimate of drug-likeness (QED) is 0.130. The molecule has 0 saturated heterocycles. The minimum Gasteiger partial charge on any atom is -0.457 e. The molecule has 1 rings (SSSR count).